The number of fused-ring (bicyclic) bond motifs is 1. The first kappa shape index (κ1) is 14.5. The van der Waals surface area contributed by atoms with Crippen LogP contribution in [0.15, 0.2) is 22.6 Å². The van der Waals surface area contributed by atoms with Crippen LogP contribution in [0.5, 0.6) is 0 Å². The predicted molar refractivity (Wildman–Crippen MR) is 88.2 cm³/mol. The molecule has 0 saturated carbocycles. The van der Waals surface area contributed by atoms with Gasteiger partial charge >= 0.3 is 0 Å². The van der Waals surface area contributed by atoms with Crippen molar-refractivity contribution in [3.8, 4) is 0 Å². The molecule has 8 heteroatoms. The van der Waals surface area contributed by atoms with E-state index in [4.69, 9.17) is 0 Å². The maximum absolute atomic E-state index is 12.2. The molecule has 0 spiro atoms. The summed E-state index contributed by atoms with van der Waals surface area (Å²) in [6.45, 7) is 1.62. The number of aromatic amines is 1. The standard InChI is InChI=1S/C15H18N6OS/c1-20-13-10(8-17-20)14(22)19-12(18-13)9-21-6-3-2-4-11(21)15-16-5-7-23-15/h5,7-8,11H,2-4,6,9H2,1H3,(H,18,19,22)/t11-/m1/s1. The van der Waals surface area contributed by atoms with Gasteiger partial charge < -0.3 is 4.98 Å². The Morgan fingerprint density at radius 2 is 2.35 bits per heavy atom. The monoisotopic (exact) mass is 330 g/mol. The van der Waals surface area contributed by atoms with Gasteiger partial charge in [-0.05, 0) is 19.4 Å². The van der Waals surface area contributed by atoms with Gasteiger partial charge in [0.2, 0.25) is 0 Å². The van der Waals surface area contributed by atoms with Crippen molar-refractivity contribution in [3.63, 3.8) is 0 Å². The molecule has 0 bridgehead atoms. The maximum Gasteiger partial charge on any atom is 0.262 e. The largest absolute Gasteiger partial charge is 0.309 e. The Hall–Kier alpha value is -2.06. The summed E-state index contributed by atoms with van der Waals surface area (Å²) >= 11 is 1.69. The summed E-state index contributed by atoms with van der Waals surface area (Å²) < 4.78 is 1.64. The van der Waals surface area contributed by atoms with Gasteiger partial charge in [0.15, 0.2) is 5.65 Å². The smallest absolute Gasteiger partial charge is 0.262 e. The lowest BCUT2D eigenvalue weighted by Crippen LogP contribution is -2.34. The number of likely N-dealkylation sites (tertiary alicyclic amines) is 1. The van der Waals surface area contributed by atoms with Crippen LogP contribution in [-0.4, -0.2) is 36.2 Å². The molecular formula is C15H18N6OS. The summed E-state index contributed by atoms with van der Waals surface area (Å²) in [5, 5.41) is 7.81. The van der Waals surface area contributed by atoms with E-state index in [1.54, 1.807) is 29.3 Å². The van der Waals surface area contributed by atoms with Crippen LogP contribution in [0, 0.1) is 0 Å². The lowest BCUT2D eigenvalue weighted by Gasteiger charge is -2.33. The van der Waals surface area contributed by atoms with Crippen molar-refractivity contribution in [1.82, 2.24) is 29.6 Å². The number of thiazole rings is 1. The van der Waals surface area contributed by atoms with Gasteiger partial charge in [-0.25, -0.2) is 9.97 Å². The van der Waals surface area contributed by atoms with Crippen molar-refractivity contribution >= 4 is 22.4 Å². The normalized spacial score (nSPS) is 19.4. The molecule has 4 heterocycles. The highest BCUT2D eigenvalue weighted by Gasteiger charge is 2.26. The molecule has 3 aromatic heterocycles. The van der Waals surface area contributed by atoms with Gasteiger partial charge in [-0.3, -0.25) is 14.4 Å². The summed E-state index contributed by atoms with van der Waals surface area (Å²) in [6, 6.07) is 0.316. The molecule has 7 nitrogen and oxygen atoms in total. The first-order valence-electron chi connectivity index (χ1n) is 7.77. The van der Waals surface area contributed by atoms with Crippen LogP contribution in [0.25, 0.3) is 11.0 Å². The average molecular weight is 330 g/mol. The van der Waals surface area contributed by atoms with Crippen LogP contribution in [0.2, 0.25) is 0 Å². The van der Waals surface area contributed by atoms with E-state index in [0.29, 0.717) is 29.4 Å². The number of nitrogens with zero attached hydrogens (tertiary/aromatic N) is 5. The fourth-order valence-electron chi connectivity index (χ4n) is 3.20. The Morgan fingerprint density at radius 1 is 1.43 bits per heavy atom. The lowest BCUT2D eigenvalue weighted by molar-refractivity contribution is 0.136. The van der Waals surface area contributed by atoms with E-state index in [2.05, 4.69) is 25.0 Å². The molecule has 1 saturated heterocycles. The zero-order chi connectivity index (χ0) is 15.8. The van der Waals surface area contributed by atoms with Crippen molar-refractivity contribution in [1.29, 1.82) is 0 Å². The van der Waals surface area contributed by atoms with Gasteiger partial charge in [-0.1, -0.05) is 6.42 Å². The molecule has 1 aliphatic heterocycles. The number of rotatable bonds is 3. The van der Waals surface area contributed by atoms with Crippen LogP contribution in [0.3, 0.4) is 0 Å². The van der Waals surface area contributed by atoms with Crippen molar-refractivity contribution in [2.45, 2.75) is 31.8 Å². The van der Waals surface area contributed by atoms with Crippen molar-refractivity contribution < 1.29 is 0 Å². The molecule has 0 unspecified atom stereocenters. The number of piperidine rings is 1. The van der Waals surface area contributed by atoms with Gasteiger partial charge in [0.25, 0.3) is 5.56 Å². The van der Waals surface area contributed by atoms with Crippen LogP contribution >= 0.6 is 11.3 Å². The van der Waals surface area contributed by atoms with E-state index in [1.807, 2.05) is 11.6 Å². The maximum atomic E-state index is 12.2. The molecule has 1 aliphatic rings. The molecule has 3 aromatic rings. The van der Waals surface area contributed by atoms with E-state index in [9.17, 15) is 4.79 Å². The van der Waals surface area contributed by atoms with Gasteiger partial charge in [0.1, 0.15) is 16.2 Å². The molecule has 1 fully saturated rings. The molecule has 1 atom stereocenters. The van der Waals surface area contributed by atoms with Crippen LogP contribution in [0.1, 0.15) is 36.1 Å². The third-order valence-electron chi connectivity index (χ3n) is 4.35. The van der Waals surface area contributed by atoms with Crippen molar-refractivity contribution in [2.24, 2.45) is 7.05 Å². The highest BCUT2D eigenvalue weighted by Crippen LogP contribution is 2.32. The van der Waals surface area contributed by atoms with Gasteiger partial charge in [-0.2, -0.15) is 5.10 Å². The van der Waals surface area contributed by atoms with Crippen LogP contribution in [-0.2, 0) is 13.6 Å². The minimum absolute atomic E-state index is 0.124. The first-order valence-corrected chi connectivity index (χ1v) is 8.64. The van der Waals surface area contributed by atoms with Gasteiger partial charge in [-0.15, -0.1) is 11.3 Å². The Labute approximate surface area is 137 Å². The third-order valence-corrected chi connectivity index (χ3v) is 5.23. The second-order valence-electron chi connectivity index (χ2n) is 5.87. The summed E-state index contributed by atoms with van der Waals surface area (Å²) in [4.78, 5) is 26.5. The molecule has 0 aromatic carbocycles. The predicted octanol–water partition coefficient (Wildman–Crippen LogP) is 1.84. The van der Waals surface area contributed by atoms with E-state index in [0.717, 1.165) is 18.0 Å². The SMILES string of the molecule is Cn1ncc2c(=O)[nH]c(CN3CCCC[C@@H]3c3nccs3)nc21. The lowest BCUT2D eigenvalue weighted by atomic mass is 10.0. The van der Waals surface area contributed by atoms with Crippen molar-refractivity contribution in [2.75, 3.05) is 6.54 Å². The summed E-state index contributed by atoms with van der Waals surface area (Å²) in [7, 11) is 1.80. The average Bonchev–Trinajstić information content (AvgIpc) is 3.19. The Balaban J connectivity index is 1.66. The molecular weight excluding hydrogens is 312 g/mol. The molecule has 0 aliphatic carbocycles. The first-order chi connectivity index (χ1) is 11.2. The Kier molecular flexibility index (Phi) is 3.70. The van der Waals surface area contributed by atoms with Gasteiger partial charge in [0, 0.05) is 18.6 Å². The summed E-state index contributed by atoms with van der Waals surface area (Å²) in [6.07, 6.45) is 6.90. The fraction of sp³-hybridized carbons (Fsp3) is 0.467. The van der Waals surface area contributed by atoms with E-state index >= 15 is 0 Å². The second kappa shape index (κ2) is 5.86. The second-order valence-corrected chi connectivity index (χ2v) is 6.80. The fourth-order valence-corrected chi connectivity index (χ4v) is 4.01. The minimum Gasteiger partial charge on any atom is -0.309 e. The zero-order valence-electron chi connectivity index (χ0n) is 12.9. The molecule has 0 radical (unpaired) electrons. The number of H-pyrrole nitrogens is 1. The Morgan fingerprint density at radius 3 is 3.17 bits per heavy atom. The van der Waals surface area contributed by atoms with Crippen molar-refractivity contribution in [3.05, 3.63) is 39.0 Å². The number of hydrogen-bond donors (Lipinski definition) is 1. The van der Waals surface area contributed by atoms with E-state index in [1.165, 1.54) is 12.8 Å². The number of hydrogen-bond acceptors (Lipinski definition) is 6. The molecule has 0 amide bonds. The molecule has 1 N–H and O–H groups in total. The third kappa shape index (κ3) is 2.68. The summed E-state index contributed by atoms with van der Waals surface area (Å²) in [5.41, 5.74) is 0.507. The number of nitrogens with one attached hydrogen (secondary N) is 1. The number of aryl methyl sites for hydroxylation is 1. The van der Waals surface area contributed by atoms with Gasteiger partial charge in [0.05, 0.1) is 18.8 Å². The highest BCUT2D eigenvalue weighted by molar-refractivity contribution is 7.09. The number of aromatic nitrogens is 5. The summed E-state index contributed by atoms with van der Waals surface area (Å²) in [5.74, 6) is 0.689. The molecule has 23 heavy (non-hydrogen) atoms. The molecule has 4 rings (SSSR count). The van der Waals surface area contributed by atoms with Crippen LogP contribution in [0.4, 0.5) is 0 Å². The quantitative estimate of drug-likeness (QED) is 0.792. The minimum atomic E-state index is -0.124. The highest BCUT2D eigenvalue weighted by atomic mass is 32.1. The molecule has 120 valence electrons. The topological polar surface area (TPSA) is 79.7 Å². The van der Waals surface area contributed by atoms with E-state index < -0.39 is 0 Å². The van der Waals surface area contributed by atoms with Crippen LogP contribution < -0.4 is 5.56 Å². The Bertz CT molecular complexity index is 868. The van der Waals surface area contributed by atoms with E-state index in [-0.39, 0.29) is 5.56 Å². The zero-order valence-corrected chi connectivity index (χ0v) is 13.7.